The van der Waals surface area contributed by atoms with Crippen LogP contribution in [0.3, 0.4) is 0 Å². The second-order valence-corrected chi connectivity index (χ2v) is 8.16. The molecule has 1 unspecified atom stereocenters. The number of anilines is 1. The molecular formula is C22H31N7O2. The molecule has 9 nitrogen and oxygen atoms in total. The molecule has 2 fully saturated rings. The number of hydrogen-bond donors (Lipinski definition) is 1. The zero-order valence-corrected chi connectivity index (χ0v) is 17.9. The number of amidine groups is 1. The van der Waals surface area contributed by atoms with E-state index in [4.69, 9.17) is 4.99 Å². The summed E-state index contributed by atoms with van der Waals surface area (Å²) in [6.07, 6.45) is 3.78. The Kier molecular flexibility index (Phi) is 6.35. The van der Waals surface area contributed by atoms with E-state index in [1.165, 1.54) is 0 Å². The molecule has 1 N–H and O–H groups in total. The number of fused-ring (bicyclic) bond motifs is 1. The Labute approximate surface area is 183 Å². The molecule has 0 aromatic heterocycles. The molecule has 4 rings (SSSR count). The van der Waals surface area contributed by atoms with Crippen LogP contribution >= 0.6 is 0 Å². The fourth-order valence-corrected chi connectivity index (χ4v) is 4.63. The van der Waals surface area contributed by atoms with Gasteiger partial charge in [-0.3, -0.25) is 25.2 Å². The number of rotatable bonds is 6. The number of piperazine rings is 2. The van der Waals surface area contributed by atoms with Crippen molar-refractivity contribution in [2.24, 2.45) is 4.99 Å². The van der Waals surface area contributed by atoms with Crippen molar-refractivity contribution in [2.45, 2.75) is 5.79 Å². The summed E-state index contributed by atoms with van der Waals surface area (Å²) in [7, 11) is 0. The average Bonchev–Trinajstić information content (AvgIpc) is 2.79. The minimum absolute atomic E-state index is 0.193. The first kappa shape index (κ1) is 21.5. The van der Waals surface area contributed by atoms with Crippen LogP contribution < -0.4 is 5.32 Å². The van der Waals surface area contributed by atoms with Crippen molar-refractivity contribution in [1.82, 2.24) is 19.6 Å². The van der Waals surface area contributed by atoms with E-state index in [1.54, 1.807) is 0 Å². The van der Waals surface area contributed by atoms with Gasteiger partial charge in [0.1, 0.15) is 0 Å². The molecule has 0 bridgehead atoms. The Balaban J connectivity index is 1.68. The third kappa shape index (κ3) is 4.08. The van der Waals surface area contributed by atoms with Gasteiger partial charge in [0.15, 0.2) is 0 Å². The molecule has 3 aliphatic rings. The predicted molar refractivity (Wildman–Crippen MR) is 123 cm³/mol. The molecule has 1 atom stereocenters. The van der Waals surface area contributed by atoms with E-state index in [9.17, 15) is 10.1 Å². The minimum atomic E-state index is -1.57. The molecule has 0 amide bonds. The van der Waals surface area contributed by atoms with Crippen LogP contribution in [0.1, 0.15) is 0 Å². The van der Waals surface area contributed by atoms with Gasteiger partial charge in [-0.2, -0.15) is 0 Å². The zero-order chi connectivity index (χ0) is 21.8. The number of para-hydroxylation sites is 2. The lowest BCUT2D eigenvalue weighted by Crippen LogP contribution is -2.73. The fourth-order valence-electron chi connectivity index (χ4n) is 4.63. The molecule has 3 aliphatic heterocycles. The maximum absolute atomic E-state index is 12.8. The van der Waals surface area contributed by atoms with E-state index >= 15 is 0 Å². The Morgan fingerprint density at radius 1 is 1.00 bits per heavy atom. The van der Waals surface area contributed by atoms with E-state index in [-0.39, 0.29) is 4.92 Å². The molecule has 31 heavy (non-hydrogen) atoms. The van der Waals surface area contributed by atoms with Crippen LogP contribution in [0.2, 0.25) is 0 Å². The first-order valence-corrected chi connectivity index (χ1v) is 10.9. The van der Waals surface area contributed by atoms with Crippen LogP contribution in [0.4, 0.5) is 11.4 Å². The third-order valence-corrected chi connectivity index (χ3v) is 6.29. The Hall–Kier alpha value is -2.75. The summed E-state index contributed by atoms with van der Waals surface area (Å²) in [4.78, 5) is 26.0. The number of nitrogens with one attached hydrogen (secondary N) is 1. The van der Waals surface area contributed by atoms with Gasteiger partial charge < -0.3 is 4.90 Å². The van der Waals surface area contributed by atoms with E-state index < -0.39 is 5.79 Å². The second kappa shape index (κ2) is 9.17. The largest absolute Gasteiger partial charge is 0.414 e. The van der Waals surface area contributed by atoms with Crippen molar-refractivity contribution in [3.63, 3.8) is 0 Å². The van der Waals surface area contributed by atoms with Crippen LogP contribution in [0.25, 0.3) is 0 Å². The first-order valence-electron chi connectivity index (χ1n) is 10.9. The molecular weight excluding hydrogens is 394 g/mol. The lowest BCUT2D eigenvalue weighted by Gasteiger charge is -2.47. The molecule has 0 spiro atoms. The molecule has 1 aromatic rings. The highest BCUT2D eigenvalue weighted by molar-refractivity contribution is 5.98. The van der Waals surface area contributed by atoms with Gasteiger partial charge in [-0.15, -0.1) is 13.2 Å². The highest BCUT2D eigenvalue weighted by atomic mass is 16.6. The number of nitrogens with zero attached hydrogens (tertiary/aromatic N) is 6. The van der Waals surface area contributed by atoms with E-state index in [0.29, 0.717) is 37.7 Å². The van der Waals surface area contributed by atoms with Gasteiger partial charge in [0.25, 0.3) is 0 Å². The molecule has 2 saturated heterocycles. The van der Waals surface area contributed by atoms with Crippen LogP contribution in [-0.2, 0) is 0 Å². The summed E-state index contributed by atoms with van der Waals surface area (Å²) in [5, 5.41) is 16.0. The standard InChI is InChI=1S/C22H31N7O2/c1-3-9-25-11-15-27(16-12-25)21-22(29(30)31,24-20-8-6-5-7-19(20)23-21)28-17-13-26(10-4-2)14-18-28/h3-8,24H,1-2,9-18H2. The van der Waals surface area contributed by atoms with Gasteiger partial charge in [0.2, 0.25) is 5.84 Å². The minimum Gasteiger partial charge on any atom is -0.348 e. The highest BCUT2D eigenvalue weighted by Gasteiger charge is 2.59. The SMILES string of the molecule is C=CCN1CCN(C2=Nc3ccccc3NC2(N2CCN(CC=C)CC2)[N+](=O)[O-])CC1. The van der Waals surface area contributed by atoms with Gasteiger partial charge in [-0.1, -0.05) is 24.3 Å². The van der Waals surface area contributed by atoms with Gasteiger partial charge in [0.05, 0.1) is 16.3 Å². The summed E-state index contributed by atoms with van der Waals surface area (Å²) < 4.78 is 0. The molecule has 1 aromatic carbocycles. The fraction of sp³-hybridized carbons (Fsp3) is 0.500. The monoisotopic (exact) mass is 425 g/mol. The zero-order valence-electron chi connectivity index (χ0n) is 17.9. The molecule has 3 heterocycles. The summed E-state index contributed by atoms with van der Waals surface area (Å²) in [5.41, 5.74) is 1.44. The van der Waals surface area contributed by atoms with E-state index in [1.807, 2.05) is 41.3 Å². The molecule has 166 valence electrons. The number of benzene rings is 1. The van der Waals surface area contributed by atoms with Crippen LogP contribution in [-0.4, -0.2) is 102 Å². The van der Waals surface area contributed by atoms with Crippen molar-refractivity contribution < 1.29 is 4.92 Å². The van der Waals surface area contributed by atoms with Crippen molar-refractivity contribution in [3.8, 4) is 0 Å². The van der Waals surface area contributed by atoms with Gasteiger partial charge in [0, 0.05) is 65.4 Å². The topological polar surface area (TPSA) is 80.5 Å². The lowest BCUT2D eigenvalue weighted by molar-refractivity contribution is -0.571. The highest BCUT2D eigenvalue weighted by Crippen LogP contribution is 2.37. The van der Waals surface area contributed by atoms with Crippen molar-refractivity contribution in [1.29, 1.82) is 0 Å². The van der Waals surface area contributed by atoms with Crippen LogP contribution in [0.5, 0.6) is 0 Å². The summed E-state index contributed by atoms with van der Waals surface area (Å²) in [6.45, 7) is 15.0. The second-order valence-electron chi connectivity index (χ2n) is 8.16. The average molecular weight is 426 g/mol. The van der Waals surface area contributed by atoms with E-state index in [2.05, 4.69) is 33.2 Å². The molecule has 9 heteroatoms. The van der Waals surface area contributed by atoms with Crippen molar-refractivity contribution >= 4 is 17.2 Å². The van der Waals surface area contributed by atoms with Gasteiger partial charge in [-0.25, -0.2) is 9.89 Å². The molecule has 0 saturated carbocycles. The van der Waals surface area contributed by atoms with Gasteiger partial charge in [-0.05, 0) is 12.1 Å². The number of aliphatic imine (C=N–C) groups is 1. The van der Waals surface area contributed by atoms with Gasteiger partial charge >= 0.3 is 5.79 Å². The predicted octanol–water partition coefficient (Wildman–Crippen LogP) is 1.68. The number of hydrogen-bond acceptors (Lipinski definition) is 8. The first-order chi connectivity index (χ1) is 15.1. The summed E-state index contributed by atoms with van der Waals surface area (Å²) in [5.74, 6) is -1.08. The van der Waals surface area contributed by atoms with Crippen LogP contribution in [0.15, 0.2) is 54.6 Å². The maximum atomic E-state index is 12.8. The number of nitro groups is 1. The Morgan fingerprint density at radius 2 is 1.58 bits per heavy atom. The summed E-state index contributed by atoms with van der Waals surface area (Å²) >= 11 is 0. The van der Waals surface area contributed by atoms with Crippen molar-refractivity contribution in [2.75, 3.05) is 70.8 Å². The Morgan fingerprint density at radius 3 is 2.16 bits per heavy atom. The molecule has 0 aliphatic carbocycles. The van der Waals surface area contributed by atoms with Crippen molar-refractivity contribution in [3.05, 3.63) is 59.7 Å². The van der Waals surface area contributed by atoms with Crippen LogP contribution in [0, 0.1) is 10.1 Å². The molecule has 0 radical (unpaired) electrons. The maximum Gasteiger partial charge on any atom is 0.414 e. The lowest BCUT2D eigenvalue weighted by atomic mass is 10.1. The smallest absolute Gasteiger partial charge is 0.348 e. The summed E-state index contributed by atoms with van der Waals surface area (Å²) in [6, 6.07) is 7.57. The Bertz CT molecular complexity index is 857. The quantitative estimate of drug-likeness (QED) is 0.422. The normalized spacial score (nSPS) is 25.3. The third-order valence-electron chi connectivity index (χ3n) is 6.29. The van der Waals surface area contributed by atoms with E-state index in [0.717, 1.165) is 45.0 Å².